The molecule has 26 heavy (non-hydrogen) atoms. The number of fused-ring (bicyclic) bond motifs is 1. The van der Waals surface area contributed by atoms with E-state index < -0.39 is 0 Å². The van der Waals surface area contributed by atoms with Crippen LogP contribution in [0.4, 0.5) is 5.69 Å². The molecule has 1 aliphatic rings. The number of carbonyl (C=O) groups excluding carboxylic acids is 1. The summed E-state index contributed by atoms with van der Waals surface area (Å²) in [6.07, 6.45) is 0.650. The average molecular weight is 367 g/mol. The maximum Gasteiger partial charge on any atom is 0.245 e. The Labute approximate surface area is 157 Å². The molecular weight excluding hydrogens is 348 g/mol. The fourth-order valence-electron chi connectivity index (χ4n) is 3.28. The Balaban J connectivity index is 1.42. The molecule has 3 aromatic rings. The molecule has 1 atom stereocenters. The minimum atomic E-state index is -0.259. The second-order valence-electron chi connectivity index (χ2n) is 6.54. The van der Waals surface area contributed by atoms with Crippen molar-refractivity contribution < 1.29 is 4.79 Å². The molecule has 1 aliphatic heterocycles. The van der Waals surface area contributed by atoms with Crippen molar-refractivity contribution in [1.29, 1.82) is 0 Å². The fourth-order valence-corrected chi connectivity index (χ4v) is 3.47. The Bertz CT molecular complexity index is 938. The first kappa shape index (κ1) is 16.7. The number of aromatic amines is 1. The predicted molar refractivity (Wildman–Crippen MR) is 103 cm³/mol. The Kier molecular flexibility index (Phi) is 4.39. The first-order valence-electron chi connectivity index (χ1n) is 8.50. The van der Waals surface area contributed by atoms with Crippen molar-refractivity contribution >= 4 is 23.2 Å². The van der Waals surface area contributed by atoms with Crippen molar-refractivity contribution in [3.8, 4) is 11.3 Å². The van der Waals surface area contributed by atoms with Gasteiger partial charge in [-0.25, -0.2) is 0 Å². The standard InChI is InChI=1S/C20H19ClN4O/c1-25(12-16-11-18(24-23-16)13-5-3-2-4-6-13)20(26)19-10-14-9-15(21)7-8-17(14)22-19/h2-9,11,19,22H,10,12H2,1H3,(H,23,24)/t19-/m0/s1. The molecule has 1 aromatic heterocycles. The molecule has 0 saturated carbocycles. The van der Waals surface area contributed by atoms with Crippen LogP contribution in [-0.2, 0) is 17.8 Å². The van der Waals surface area contributed by atoms with Gasteiger partial charge in [0.1, 0.15) is 6.04 Å². The summed E-state index contributed by atoms with van der Waals surface area (Å²) in [6.45, 7) is 0.480. The van der Waals surface area contributed by atoms with Crippen molar-refractivity contribution in [2.45, 2.75) is 19.0 Å². The van der Waals surface area contributed by atoms with Crippen LogP contribution >= 0.6 is 11.6 Å². The zero-order valence-electron chi connectivity index (χ0n) is 14.4. The topological polar surface area (TPSA) is 61.0 Å². The molecule has 2 aromatic carbocycles. The molecule has 0 fully saturated rings. The van der Waals surface area contributed by atoms with Gasteiger partial charge in [0.2, 0.25) is 5.91 Å². The minimum absolute atomic E-state index is 0.0492. The SMILES string of the molecule is CN(Cc1cc(-c2ccccc2)n[nH]1)C(=O)[C@@H]1Cc2cc(Cl)ccc2N1. The molecule has 132 valence electrons. The molecule has 0 spiro atoms. The smallest absolute Gasteiger partial charge is 0.245 e. The van der Waals surface area contributed by atoms with E-state index in [0.717, 1.165) is 28.2 Å². The average Bonchev–Trinajstić information content (AvgIpc) is 3.28. The van der Waals surface area contributed by atoms with Crippen molar-refractivity contribution in [2.75, 3.05) is 12.4 Å². The lowest BCUT2D eigenvalue weighted by molar-refractivity contribution is -0.131. The lowest BCUT2D eigenvalue weighted by Gasteiger charge is -2.20. The highest BCUT2D eigenvalue weighted by atomic mass is 35.5. The number of rotatable bonds is 4. The van der Waals surface area contributed by atoms with Crippen LogP contribution in [0.3, 0.4) is 0 Å². The van der Waals surface area contributed by atoms with Gasteiger partial charge in [0.05, 0.1) is 17.9 Å². The summed E-state index contributed by atoms with van der Waals surface area (Å²) < 4.78 is 0. The fraction of sp³-hybridized carbons (Fsp3) is 0.200. The lowest BCUT2D eigenvalue weighted by atomic mass is 10.1. The van der Waals surface area contributed by atoms with Gasteiger partial charge in [-0.1, -0.05) is 41.9 Å². The van der Waals surface area contributed by atoms with E-state index in [1.165, 1.54) is 0 Å². The number of likely N-dealkylation sites (N-methyl/N-ethyl adjacent to an activating group) is 1. The van der Waals surface area contributed by atoms with E-state index in [0.29, 0.717) is 18.0 Å². The van der Waals surface area contributed by atoms with Gasteiger partial charge >= 0.3 is 0 Å². The molecule has 6 heteroatoms. The van der Waals surface area contributed by atoms with Crippen LogP contribution in [0, 0.1) is 0 Å². The van der Waals surface area contributed by atoms with E-state index in [1.54, 1.807) is 4.90 Å². The Morgan fingerprint density at radius 1 is 1.23 bits per heavy atom. The summed E-state index contributed by atoms with van der Waals surface area (Å²) in [5, 5.41) is 11.3. The van der Waals surface area contributed by atoms with Gasteiger partial charge in [0, 0.05) is 29.7 Å². The van der Waals surface area contributed by atoms with Gasteiger partial charge in [-0.2, -0.15) is 5.10 Å². The molecule has 5 nitrogen and oxygen atoms in total. The molecule has 2 heterocycles. The summed E-state index contributed by atoms with van der Waals surface area (Å²) in [5.74, 6) is 0.0492. The van der Waals surface area contributed by atoms with E-state index in [2.05, 4.69) is 15.5 Å². The van der Waals surface area contributed by atoms with Crippen LogP contribution in [0.5, 0.6) is 0 Å². The van der Waals surface area contributed by atoms with Crippen LogP contribution in [0.2, 0.25) is 5.02 Å². The van der Waals surface area contributed by atoms with Gasteiger partial charge in [0.15, 0.2) is 0 Å². The Morgan fingerprint density at radius 3 is 2.85 bits per heavy atom. The van der Waals surface area contributed by atoms with E-state index in [9.17, 15) is 4.79 Å². The third kappa shape index (κ3) is 3.30. The molecule has 1 amide bonds. The van der Waals surface area contributed by atoms with Crippen LogP contribution in [0.1, 0.15) is 11.3 Å². The molecule has 0 saturated heterocycles. The summed E-state index contributed by atoms with van der Waals surface area (Å²) in [6, 6.07) is 17.4. The maximum atomic E-state index is 12.8. The molecule has 0 bridgehead atoms. The zero-order chi connectivity index (χ0) is 18.1. The van der Waals surface area contributed by atoms with E-state index in [-0.39, 0.29) is 11.9 Å². The number of hydrogen-bond donors (Lipinski definition) is 2. The molecular formula is C20H19ClN4O. The van der Waals surface area contributed by atoms with Crippen molar-refractivity contribution in [3.63, 3.8) is 0 Å². The molecule has 0 aliphatic carbocycles. The van der Waals surface area contributed by atoms with Crippen LogP contribution in [-0.4, -0.2) is 34.1 Å². The number of halogens is 1. The number of aromatic nitrogens is 2. The number of carbonyl (C=O) groups is 1. The van der Waals surface area contributed by atoms with Gasteiger partial charge in [-0.05, 0) is 29.8 Å². The first-order chi connectivity index (χ1) is 12.6. The second-order valence-corrected chi connectivity index (χ2v) is 6.98. The quantitative estimate of drug-likeness (QED) is 0.739. The lowest BCUT2D eigenvalue weighted by Crippen LogP contribution is -2.39. The number of nitrogens with zero attached hydrogens (tertiary/aromatic N) is 2. The largest absolute Gasteiger partial charge is 0.373 e. The van der Waals surface area contributed by atoms with Gasteiger partial charge in [0.25, 0.3) is 0 Å². The third-order valence-corrected chi connectivity index (χ3v) is 4.84. The molecule has 2 N–H and O–H groups in total. The van der Waals surface area contributed by atoms with Gasteiger partial charge in [-0.15, -0.1) is 0 Å². The van der Waals surface area contributed by atoms with Gasteiger partial charge < -0.3 is 10.2 Å². The van der Waals surface area contributed by atoms with Crippen LogP contribution in [0.25, 0.3) is 11.3 Å². The second kappa shape index (κ2) is 6.84. The Morgan fingerprint density at radius 2 is 2.04 bits per heavy atom. The van der Waals surface area contributed by atoms with E-state index >= 15 is 0 Å². The number of hydrogen-bond acceptors (Lipinski definition) is 3. The van der Waals surface area contributed by atoms with Crippen molar-refractivity contribution in [1.82, 2.24) is 15.1 Å². The highest BCUT2D eigenvalue weighted by Crippen LogP contribution is 2.29. The van der Waals surface area contributed by atoms with Crippen molar-refractivity contribution in [2.24, 2.45) is 0 Å². The third-order valence-electron chi connectivity index (χ3n) is 4.60. The molecule has 0 unspecified atom stereocenters. The van der Waals surface area contributed by atoms with Crippen LogP contribution < -0.4 is 5.32 Å². The molecule has 0 radical (unpaired) electrons. The number of anilines is 1. The number of benzene rings is 2. The highest BCUT2D eigenvalue weighted by Gasteiger charge is 2.29. The zero-order valence-corrected chi connectivity index (χ0v) is 15.1. The van der Waals surface area contributed by atoms with Gasteiger partial charge in [-0.3, -0.25) is 9.89 Å². The Hall–Kier alpha value is -2.79. The van der Waals surface area contributed by atoms with E-state index in [1.807, 2.05) is 61.6 Å². The summed E-state index contributed by atoms with van der Waals surface area (Å²) in [4.78, 5) is 14.5. The summed E-state index contributed by atoms with van der Waals surface area (Å²) in [5.41, 5.74) is 4.89. The van der Waals surface area contributed by atoms with E-state index in [4.69, 9.17) is 11.6 Å². The summed E-state index contributed by atoms with van der Waals surface area (Å²) >= 11 is 6.04. The summed E-state index contributed by atoms with van der Waals surface area (Å²) in [7, 11) is 1.81. The first-order valence-corrected chi connectivity index (χ1v) is 8.87. The normalized spacial score (nSPS) is 15.4. The number of amides is 1. The maximum absolute atomic E-state index is 12.8. The molecule has 4 rings (SSSR count). The number of H-pyrrole nitrogens is 1. The minimum Gasteiger partial charge on any atom is -0.373 e. The highest BCUT2D eigenvalue weighted by molar-refractivity contribution is 6.30. The number of nitrogens with one attached hydrogen (secondary N) is 2. The monoisotopic (exact) mass is 366 g/mol. The predicted octanol–water partition coefficient (Wildman–Crippen LogP) is 3.73. The van der Waals surface area contributed by atoms with Crippen LogP contribution in [0.15, 0.2) is 54.6 Å². The van der Waals surface area contributed by atoms with Crippen molar-refractivity contribution in [3.05, 3.63) is 70.9 Å².